The molecule has 4 atom stereocenters. The Morgan fingerprint density at radius 2 is 1.52 bits per heavy atom. The van der Waals surface area contributed by atoms with Gasteiger partial charge in [-0.15, -0.1) is 0 Å². The summed E-state index contributed by atoms with van der Waals surface area (Å²) in [4.78, 5) is 57.4. The quantitative estimate of drug-likeness (QED) is 0.0915. The zero-order valence-electron chi connectivity index (χ0n) is 31.0. The maximum Gasteiger partial charge on any atom is 0.412 e. The average Bonchev–Trinajstić information content (AvgIpc) is 3.25. The first-order valence-electron chi connectivity index (χ1n) is 16.8. The summed E-state index contributed by atoms with van der Waals surface area (Å²) in [5, 5.41) is 10.3. The number of carboxylic acid groups (broad SMARTS) is 1. The fourth-order valence-electron chi connectivity index (χ4n) is 6.30. The van der Waals surface area contributed by atoms with Crippen molar-refractivity contribution in [3.05, 3.63) is 36.6 Å². The molecule has 12 nitrogen and oxygen atoms in total. The summed E-state index contributed by atoms with van der Waals surface area (Å²) >= 11 is 0. The van der Waals surface area contributed by atoms with E-state index in [9.17, 15) is 24.3 Å². The molecule has 2 rings (SSSR count). The van der Waals surface area contributed by atoms with Crippen LogP contribution in [0.1, 0.15) is 61.3 Å². The lowest BCUT2D eigenvalue weighted by Gasteiger charge is -2.57. The smallest absolute Gasteiger partial charge is 0.412 e. The first-order chi connectivity index (χ1) is 22.1. The van der Waals surface area contributed by atoms with E-state index in [1.54, 1.807) is 0 Å². The van der Waals surface area contributed by atoms with Crippen LogP contribution in [0.3, 0.4) is 0 Å². The Labute approximate surface area is 290 Å². The predicted molar refractivity (Wildman–Crippen MR) is 190 cm³/mol. The van der Waals surface area contributed by atoms with Gasteiger partial charge in [-0.1, -0.05) is 66.9 Å². The minimum Gasteiger partial charge on any atom is -0.477 e. The van der Waals surface area contributed by atoms with E-state index >= 15 is 0 Å². The third-order valence-electron chi connectivity index (χ3n) is 8.72. The Hall–Kier alpha value is -2.95. The molecule has 0 bridgehead atoms. The van der Waals surface area contributed by atoms with E-state index in [0.29, 0.717) is 12.0 Å². The Morgan fingerprint density at radius 3 is 1.98 bits per heavy atom. The van der Waals surface area contributed by atoms with E-state index in [4.69, 9.17) is 18.3 Å². The number of carboxylic acids is 1. The van der Waals surface area contributed by atoms with Crippen LogP contribution in [0.2, 0.25) is 26.2 Å². The van der Waals surface area contributed by atoms with E-state index in [-0.39, 0.29) is 56.3 Å². The highest BCUT2D eigenvalue weighted by molar-refractivity contribution is 6.48. The molecule has 48 heavy (non-hydrogen) atoms. The zero-order chi connectivity index (χ0) is 36.8. The van der Waals surface area contributed by atoms with Crippen molar-refractivity contribution in [1.82, 2.24) is 14.7 Å². The molecular weight excluding hydrogens is 651 g/mol. The Kier molecular flexibility index (Phi) is 14.3. The molecule has 1 N–H and O–H groups in total. The summed E-state index contributed by atoms with van der Waals surface area (Å²) in [6.07, 6.45) is 1.76. The van der Waals surface area contributed by atoms with E-state index in [0.717, 1.165) is 0 Å². The molecule has 0 saturated carbocycles. The summed E-state index contributed by atoms with van der Waals surface area (Å²) in [6, 6.07) is -0.424. The number of amides is 3. The van der Waals surface area contributed by atoms with Crippen LogP contribution in [0, 0.1) is 16.7 Å². The van der Waals surface area contributed by atoms with Crippen LogP contribution in [0.25, 0.3) is 0 Å². The molecule has 0 aliphatic carbocycles. The molecule has 0 aromatic heterocycles. The summed E-state index contributed by atoms with van der Waals surface area (Å²) in [5.41, 5.74) is -1.12. The van der Waals surface area contributed by atoms with E-state index in [1.807, 2.05) is 40.8 Å². The lowest BCUT2D eigenvalue weighted by atomic mass is 9.63. The van der Waals surface area contributed by atoms with Crippen molar-refractivity contribution >= 4 is 42.1 Å². The SMILES string of the molecule is C=CCOC(=O)N(CCN(C(=O)OCC=C)C(CC(C)(C)C)O[SiH](C)C)CC1=C(C(=O)O)N2C(=O)[C@H]([C@@](C)(O[SiH](C)C)C(C)(C)C)[C@H]2C1. The number of β-lactam (4-membered cyclic amide) rings is 1. The monoisotopic (exact) mass is 709 g/mol. The van der Waals surface area contributed by atoms with Crippen LogP contribution in [-0.4, -0.2) is 113 Å². The van der Waals surface area contributed by atoms with Gasteiger partial charge >= 0.3 is 18.2 Å². The van der Waals surface area contributed by atoms with Crippen molar-refractivity contribution in [3.8, 4) is 0 Å². The van der Waals surface area contributed by atoms with Crippen LogP contribution in [0.15, 0.2) is 36.6 Å². The summed E-state index contributed by atoms with van der Waals surface area (Å²) < 4.78 is 23.7. The van der Waals surface area contributed by atoms with Gasteiger partial charge in [-0.2, -0.15) is 0 Å². The molecule has 1 fully saturated rings. The van der Waals surface area contributed by atoms with Gasteiger partial charge in [-0.3, -0.25) is 9.69 Å². The number of hydrogen-bond acceptors (Lipinski definition) is 8. The molecule has 1 unspecified atom stereocenters. The van der Waals surface area contributed by atoms with Crippen molar-refractivity contribution in [2.75, 3.05) is 32.8 Å². The number of ether oxygens (including phenoxy) is 2. The summed E-state index contributed by atoms with van der Waals surface area (Å²) in [7, 11) is -3.23. The predicted octanol–water partition coefficient (Wildman–Crippen LogP) is 5.37. The second-order valence-electron chi connectivity index (χ2n) is 15.5. The first-order valence-corrected chi connectivity index (χ1v) is 22.3. The number of fused-ring (bicyclic) bond motifs is 1. The highest BCUT2D eigenvalue weighted by Crippen LogP contribution is 2.53. The molecule has 1 saturated heterocycles. The van der Waals surface area contributed by atoms with Crippen LogP contribution < -0.4 is 0 Å². The highest BCUT2D eigenvalue weighted by Gasteiger charge is 2.64. The molecule has 2 aliphatic rings. The molecule has 2 aliphatic heterocycles. The average molecular weight is 710 g/mol. The largest absolute Gasteiger partial charge is 0.477 e. The van der Waals surface area contributed by atoms with Gasteiger partial charge in [0.25, 0.3) is 0 Å². The molecular formula is C34H59N3O9Si2. The molecule has 3 amide bonds. The third kappa shape index (κ3) is 10.0. The molecule has 0 aromatic rings. The van der Waals surface area contributed by atoms with Gasteiger partial charge in [0.2, 0.25) is 5.91 Å². The number of hydrogen-bond donors (Lipinski definition) is 1. The van der Waals surface area contributed by atoms with Crippen molar-refractivity contribution in [1.29, 1.82) is 0 Å². The lowest BCUT2D eigenvalue weighted by molar-refractivity contribution is -0.180. The van der Waals surface area contributed by atoms with Gasteiger partial charge in [0, 0.05) is 19.6 Å². The minimum atomic E-state index is -1.63. The van der Waals surface area contributed by atoms with Crippen molar-refractivity contribution in [2.45, 2.75) is 105 Å². The number of carbonyl (C=O) groups excluding carboxylic acids is 3. The Morgan fingerprint density at radius 1 is 0.958 bits per heavy atom. The van der Waals surface area contributed by atoms with Gasteiger partial charge in [0.1, 0.15) is 25.1 Å². The van der Waals surface area contributed by atoms with Crippen LogP contribution in [0.5, 0.6) is 0 Å². The van der Waals surface area contributed by atoms with Gasteiger partial charge in [0.15, 0.2) is 18.1 Å². The third-order valence-corrected chi connectivity index (χ3v) is 10.5. The molecule has 2 heterocycles. The Bertz CT molecular complexity index is 1240. The van der Waals surface area contributed by atoms with Crippen molar-refractivity contribution in [2.24, 2.45) is 16.7 Å². The van der Waals surface area contributed by atoms with Crippen LogP contribution in [0.4, 0.5) is 9.59 Å². The fourth-order valence-corrected chi connectivity index (χ4v) is 8.65. The van der Waals surface area contributed by atoms with Gasteiger partial charge in [0.05, 0.1) is 17.6 Å². The lowest BCUT2D eigenvalue weighted by Crippen LogP contribution is -2.70. The fraction of sp³-hybridized carbons (Fsp3) is 0.706. The zero-order valence-corrected chi connectivity index (χ0v) is 33.3. The number of nitrogens with zero attached hydrogens (tertiary/aromatic N) is 3. The second-order valence-corrected chi connectivity index (χ2v) is 20.2. The van der Waals surface area contributed by atoms with E-state index < -0.39 is 65.4 Å². The molecule has 0 radical (unpaired) electrons. The standard InChI is InChI=1S/C34H59N3O9Si2/c1-14-18-43-30(41)35(16-17-36(31(42)44-19-15-2)25(45-47(10)11)21-32(3,4)5)22-23-20-24-26(28(38)37(24)27(23)29(39)40)34(9,33(6,7)8)46-48(12)13/h14-15,24-26,47-48H,1-2,16-22H2,3-13H3,(H,39,40)/t24-,25?,26-,34-/m1/s1. The molecule has 272 valence electrons. The normalized spacial score (nSPS) is 19.8. The second kappa shape index (κ2) is 16.6. The summed E-state index contributed by atoms with van der Waals surface area (Å²) in [5.74, 6) is -2.09. The van der Waals surface area contributed by atoms with Gasteiger partial charge < -0.3 is 33.2 Å². The number of rotatable bonds is 17. The van der Waals surface area contributed by atoms with Crippen molar-refractivity contribution in [3.63, 3.8) is 0 Å². The number of aliphatic carboxylic acids is 1. The Balaban J connectivity index is 2.49. The maximum absolute atomic E-state index is 13.8. The molecule has 0 spiro atoms. The van der Waals surface area contributed by atoms with Crippen LogP contribution in [-0.2, 0) is 27.9 Å². The van der Waals surface area contributed by atoms with Gasteiger partial charge in [-0.25, -0.2) is 14.4 Å². The molecule has 0 aromatic carbocycles. The molecule has 14 heteroatoms. The van der Waals surface area contributed by atoms with Gasteiger partial charge in [-0.05, 0) is 62.4 Å². The topological polar surface area (TPSA) is 135 Å². The minimum absolute atomic E-state index is 0.000454. The number of carbonyl (C=O) groups is 4. The summed E-state index contributed by atoms with van der Waals surface area (Å²) in [6.45, 7) is 29.4. The van der Waals surface area contributed by atoms with Crippen LogP contribution >= 0.6 is 0 Å². The first kappa shape index (κ1) is 41.2. The highest BCUT2D eigenvalue weighted by atomic mass is 28.3. The van der Waals surface area contributed by atoms with E-state index in [2.05, 4.69) is 47.0 Å². The van der Waals surface area contributed by atoms with Crippen molar-refractivity contribution < 1.29 is 42.6 Å². The van der Waals surface area contributed by atoms with E-state index in [1.165, 1.54) is 26.9 Å². The maximum atomic E-state index is 13.8.